The Labute approximate surface area is 114 Å². The number of hydrogen-bond acceptors (Lipinski definition) is 5. The fourth-order valence-corrected chi connectivity index (χ4v) is 3.35. The zero-order chi connectivity index (χ0) is 14.0. The Bertz CT molecular complexity index is 519. The SMILES string of the molecule is CCS(=O)(=O)N1CCN(C(C)c2n[nH]c(C)n2)CC1. The van der Waals surface area contributed by atoms with Crippen molar-refractivity contribution in [3.63, 3.8) is 0 Å². The van der Waals surface area contributed by atoms with Gasteiger partial charge in [0.15, 0.2) is 5.82 Å². The third-order valence-electron chi connectivity index (χ3n) is 3.57. The minimum atomic E-state index is -3.06. The fraction of sp³-hybridized carbons (Fsp3) is 0.818. The maximum atomic E-state index is 11.8. The molecule has 1 N–H and O–H groups in total. The number of aromatic amines is 1. The van der Waals surface area contributed by atoms with Crippen LogP contribution >= 0.6 is 0 Å². The van der Waals surface area contributed by atoms with Crippen LogP contribution in [0.25, 0.3) is 0 Å². The van der Waals surface area contributed by atoms with Gasteiger partial charge in [0.1, 0.15) is 5.82 Å². The molecule has 0 bridgehead atoms. The average Bonchev–Trinajstić information content (AvgIpc) is 2.85. The molecule has 0 aromatic carbocycles. The summed E-state index contributed by atoms with van der Waals surface area (Å²) in [5.74, 6) is 1.74. The van der Waals surface area contributed by atoms with Crippen molar-refractivity contribution >= 4 is 10.0 Å². The minimum Gasteiger partial charge on any atom is -0.291 e. The van der Waals surface area contributed by atoms with Crippen molar-refractivity contribution in [2.75, 3.05) is 31.9 Å². The molecule has 0 spiro atoms. The topological polar surface area (TPSA) is 82.2 Å². The van der Waals surface area contributed by atoms with Gasteiger partial charge in [-0.1, -0.05) is 0 Å². The summed E-state index contributed by atoms with van der Waals surface area (Å²) in [5.41, 5.74) is 0. The Morgan fingerprint density at radius 2 is 1.95 bits per heavy atom. The highest BCUT2D eigenvalue weighted by Gasteiger charge is 2.29. The zero-order valence-electron chi connectivity index (χ0n) is 11.6. The summed E-state index contributed by atoms with van der Waals surface area (Å²) in [7, 11) is -3.06. The van der Waals surface area contributed by atoms with E-state index in [1.807, 2.05) is 13.8 Å². The molecule has 1 atom stereocenters. The molecule has 1 aromatic rings. The second-order valence-corrected chi connectivity index (χ2v) is 7.05. The van der Waals surface area contributed by atoms with Crippen LogP contribution in [-0.2, 0) is 10.0 Å². The number of nitrogens with one attached hydrogen (secondary N) is 1. The standard InChI is InChI=1S/C11H21N5O2S/c1-4-19(17,18)16-7-5-15(6-8-16)9(2)11-12-10(3)13-14-11/h9H,4-8H2,1-3H3,(H,12,13,14). The van der Waals surface area contributed by atoms with Crippen molar-refractivity contribution in [2.24, 2.45) is 0 Å². The highest BCUT2D eigenvalue weighted by Crippen LogP contribution is 2.19. The second kappa shape index (κ2) is 5.56. The molecule has 1 fully saturated rings. The molecule has 0 radical (unpaired) electrons. The van der Waals surface area contributed by atoms with Crippen LogP contribution in [0.3, 0.4) is 0 Å². The first kappa shape index (κ1) is 14.4. The number of aromatic nitrogens is 3. The van der Waals surface area contributed by atoms with E-state index in [9.17, 15) is 8.42 Å². The van der Waals surface area contributed by atoms with Gasteiger partial charge in [-0.15, -0.1) is 0 Å². The van der Waals surface area contributed by atoms with Gasteiger partial charge in [0.25, 0.3) is 0 Å². The lowest BCUT2D eigenvalue weighted by molar-refractivity contribution is 0.141. The molecule has 1 unspecified atom stereocenters. The van der Waals surface area contributed by atoms with Gasteiger partial charge in [-0.05, 0) is 20.8 Å². The van der Waals surface area contributed by atoms with Crippen molar-refractivity contribution < 1.29 is 8.42 Å². The van der Waals surface area contributed by atoms with Gasteiger partial charge < -0.3 is 0 Å². The first-order valence-electron chi connectivity index (χ1n) is 6.55. The first-order chi connectivity index (χ1) is 8.94. The minimum absolute atomic E-state index is 0.108. The summed E-state index contributed by atoms with van der Waals surface area (Å²) in [6, 6.07) is 0.108. The van der Waals surface area contributed by atoms with Gasteiger partial charge in [0.2, 0.25) is 10.0 Å². The van der Waals surface area contributed by atoms with Gasteiger partial charge in [0, 0.05) is 26.2 Å². The summed E-state index contributed by atoms with van der Waals surface area (Å²) in [4.78, 5) is 6.54. The smallest absolute Gasteiger partial charge is 0.213 e. The van der Waals surface area contributed by atoms with Gasteiger partial charge in [-0.25, -0.2) is 13.4 Å². The van der Waals surface area contributed by atoms with Crippen LogP contribution in [0.15, 0.2) is 0 Å². The second-order valence-electron chi connectivity index (χ2n) is 4.79. The number of H-pyrrole nitrogens is 1. The van der Waals surface area contributed by atoms with Crippen LogP contribution < -0.4 is 0 Å². The Balaban J connectivity index is 1.97. The normalized spacial score (nSPS) is 20.6. The van der Waals surface area contributed by atoms with Gasteiger partial charge in [0.05, 0.1) is 11.8 Å². The number of sulfonamides is 1. The highest BCUT2D eigenvalue weighted by molar-refractivity contribution is 7.89. The summed E-state index contributed by atoms with van der Waals surface area (Å²) >= 11 is 0. The van der Waals surface area contributed by atoms with E-state index < -0.39 is 10.0 Å². The quantitative estimate of drug-likeness (QED) is 0.852. The summed E-state index contributed by atoms with van der Waals surface area (Å²) in [6.07, 6.45) is 0. The van der Waals surface area contributed by atoms with E-state index in [1.165, 1.54) is 0 Å². The number of rotatable bonds is 4. The van der Waals surface area contributed by atoms with E-state index in [0.717, 1.165) is 11.6 Å². The van der Waals surface area contributed by atoms with E-state index in [-0.39, 0.29) is 11.8 Å². The Kier molecular flexibility index (Phi) is 4.22. The molecule has 0 amide bonds. The van der Waals surface area contributed by atoms with Crippen molar-refractivity contribution in [3.8, 4) is 0 Å². The predicted octanol–water partition coefficient (Wildman–Crippen LogP) is 0.141. The third kappa shape index (κ3) is 3.13. The monoisotopic (exact) mass is 287 g/mol. The maximum absolute atomic E-state index is 11.8. The number of piperazine rings is 1. The lowest BCUT2D eigenvalue weighted by atomic mass is 10.2. The molecule has 108 valence electrons. The molecule has 0 aliphatic carbocycles. The first-order valence-corrected chi connectivity index (χ1v) is 8.15. The maximum Gasteiger partial charge on any atom is 0.213 e. The summed E-state index contributed by atoms with van der Waals surface area (Å²) < 4.78 is 25.1. The van der Waals surface area contributed by atoms with Crippen LogP contribution in [0.1, 0.15) is 31.5 Å². The van der Waals surface area contributed by atoms with E-state index in [0.29, 0.717) is 26.2 Å². The molecule has 8 heteroatoms. The fourth-order valence-electron chi connectivity index (χ4n) is 2.26. The van der Waals surface area contributed by atoms with Crippen molar-refractivity contribution in [2.45, 2.75) is 26.8 Å². The number of nitrogens with zero attached hydrogens (tertiary/aromatic N) is 4. The third-order valence-corrected chi connectivity index (χ3v) is 5.45. The van der Waals surface area contributed by atoms with Crippen LogP contribution in [0.4, 0.5) is 0 Å². The highest BCUT2D eigenvalue weighted by atomic mass is 32.2. The van der Waals surface area contributed by atoms with Crippen molar-refractivity contribution in [1.82, 2.24) is 24.4 Å². The molecule has 1 aliphatic rings. The molecular weight excluding hydrogens is 266 g/mol. The van der Waals surface area contributed by atoms with Crippen LogP contribution in [0, 0.1) is 6.92 Å². The molecule has 2 rings (SSSR count). The Morgan fingerprint density at radius 1 is 1.32 bits per heavy atom. The van der Waals surface area contributed by atoms with E-state index >= 15 is 0 Å². The van der Waals surface area contributed by atoms with E-state index in [1.54, 1.807) is 11.2 Å². The predicted molar refractivity (Wildman–Crippen MR) is 72.1 cm³/mol. The summed E-state index contributed by atoms with van der Waals surface area (Å²) in [6.45, 7) is 8.12. The molecule has 1 saturated heterocycles. The van der Waals surface area contributed by atoms with Gasteiger partial charge in [-0.3, -0.25) is 10.00 Å². The molecule has 19 heavy (non-hydrogen) atoms. The average molecular weight is 287 g/mol. The zero-order valence-corrected chi connectivity index (χ0v) is 12.4. The number of aryl methyl sites for hydroxylation is 1. The lowest BCUT2D eigenvalue weighted by Gasteiger charge is -2.36. The molecule has 2 heterocycles. The van der Waals surface area contributed by atoms with Crippen LogP contribution in [0.2, 0.25) is 0 Å². The largest absolute Gasteiger partial charge is 0.291 e. The van der Waals surface area contributed by atoms with E-state index in [4.69, 9.17) is 0 Å². The molecule has 7 nitrogen and oxygen atoms in total. The van der Waals surface area contributed by atoms with Gasteiger partial charge in [-0.2, -0.15) is 9.40 Å². The lowest BCUT2D eigenvalue weighted by Crippen LogP contribution is -2.49. The molecule has 1 aromatic heterocycles. The van der Waals surface area contributed by atoms with Crippen LogP contribution in [0.5, 0.6) is 0 Å². The molecular formula is C11H21N5O2S. The van der Waals surface area contributed by atoms with Crippen molar-refractivity contribution in [3.05, 3.63) is 11.6 Å². The Morgan fingerprint density at radius 3 is 2.42 bits per heavy atom. The van der Waals surface area contributed by atoms with Crippen LogP contribution in [-0.4, -0.2) is 64.7 Å². The molecule has 1 aliphatic heterocycles. The van der Waals surface area contributed by atoms with E-state index in [2.05, 4.69) is 20.1 Å². The summed E-state index contributed by atoms with van der Waals surface area (Å²) in [5, 5.41) is 7.00. The Hall–Kier alpha value is -0.990. The molecule has 0 saturated carbocycles. The van der Waals surface area contributed by atoms with Gasteiger partial charge >= 0.3 is 0 Å². The van der Waals surface area contributed by atoms with Crippen molar-refractivity contribution in [1.29, 1.82) is 0 Å². The number of hydrogen-bond donors (Lipinski definition) is 1.